The fourth-order valence-corrected chi connectivity index (χ4v) is 2.65. The maximum atomic E-state index is 5.81. The van der Waals surface area contributed by atoms with Crippen LogP contribution in [-0.2, 0) is 6.54 Å². The molecule has 0 saturated carbocycles. The predicted molar refractivity (Wildman–Crippen MR) is 79.5 cm³/mol. The number of nitrogens with zero attached hydrogens (tertiary/aromatic N) is 1. The number of benzene rings is 1. The van der Waals surface area contributed by atoms with Gasteiger partial charge in [-0.3, -0.25) is 4.90 Å². The van der Waals surface area contributed by atoms with Gasteiger partial charge in [0, 0.05) is 19.6 Å². The van der Waals surface area contributed by atoms with E-state index >= 15 is 0 Å². The molecule has 1 unspecified atom stereocenters. The molecule has 1 atom stereocenters. The smallest absolute Gasteiger partial charge is 0.119 e. The summed E-state index contributed by atoms with van der Waals surface area (Å²) in [5.74, 6) is 1.88. The molecule has 1 heterocycles. The highest BCUT2D eigenvalue weighted by Crippen LogP contribution is 2.18. The lowest BCUT2D eigenvalue weighted by Crippen LogP contribution is -2.26. The normalized spacial score (nSPS) is 19.8. The van der Waals surface area contributed by atoms with Crippen molar-refractivity contribution in [2.24, 2.45) is 5.92 Å². The van der Waals surface area contributed by atoms with Gasteiger partial charge in [0.2, 0.25) is 0 Å². The SMILES string of the molecule is CCC1CCN(CCOc2ccc(CNC)cc2)C1. The predicted octanol–water partition coefficient (Wildman–Crippen LogP) is 2.52. The van der Waals surface area contributed by atoms with Crippen LogP contribution in [0.5, 0.6) is 5.75 Å². The van der Waals surface area contributed by atoms with E-state index < -0.39 is 0 Å². The third-order valence-corrected chi connectivity index (χ3v) is 3.93. The fraction of sp³-hybridized carbons (Fsp3) is 0.625. The van der Waals surface area contributed by atoms with Crippen molar-refractivity contribution in [1.29, 1.82) is 0 Å². The maximum Gasteiger partial charge on any atom is 0.119 e. The zero-order valence-electron chi connectivity index (χ0n) is 12.2. The first-order chi connectivity index (χ1) is 9.31. The van der Waals surface area contributed by atoms with Crippen LogP contribution in [0.4, 0.5) is 0 Å². The standard InChI is InChI=1S/C16H26N2O/c1-3-14-8-9-18(13-14)10-11-19-16-6-4-15(5-7-16)12-17-2/h4-7,14,17H,3,8-13H2,1-2H3. The van der Waals surface area contributed by atoms with Crippen molar-refractivity contribution in [3.63, 3.8) is 0 Å². The van der Waals surface area contributed by atoms with Gasteiger partial charge in [0.1, 0.15) is 12.4 Å². The second-order valence-electron chi connectivity index (χ2n) is 5.39. The summed E-state index contributed by atoms with van der Waals surface area (Å²) >= 11 is 0. The van der Waals surface area contributed by atoms with Crippen molar-refractivity contribution in [2.75, 3.05) is 33.3 Å². The van der Waals surface area contributed by atoms with Crippen molar-refractivity contribution < 1.29 is 4.74 Å². The van der Waals surface area contributed by atoms with E-state index in [0.29, 0.717) is 0 Å². The summed E-state index contributed by atoms with van der Waals surface area (Å²) in [5, 5.41) is 3.15. The Balaban J connectivity index is 1.68. The molecule has 1 aliphatic rings. The van der Waals surface area contributed by atoms with E-state index in [-0.39, 0.29) is 0 Å². The summed E-state index contributed by atoms with van der Waals surface area (Å²) in [6.45, 7) is 7.53. The summed E-state index contributed by atoms with van der Waals surface area (Å²) in [7, 11) is 1.96. The minimum Gasteiger partial charge on any atom is -0.492 e. The van der Waals surface area contributed by atoms with Gasteiger partial charge in [-0.1, -0.05) is 25.5 Å². The molecule has 0 amide bonds. The molecule has 1 aromatic carbocycles. The molecule has 1 aliphatic heterocycles. The first-order valence-corrected chi connectivity index (χ1v) is 7.40. The van der Waals surface area contributed by atoms with Crippen molar-refractivity contribution in [2.45, 2.75) is 26.3 Å². The van der Waals surface area contributed by atoms with Crippen molar-refractivity contribution >= 4 is 0 Å². The van der Waals surface area contributed by atoms with E-state index in [2.05, 4.69) is 41.4 Å². The minimum absolute atomic E-state index is 0.793. The maximum absolute atomic E-state index is 5.81. The van der Waals surface area contributed by atoms with Gasteiger partial charge in [-0.05, 0) is 43.6 Å². The van der Waals surface area contributed by atoms with Crippen molar-refractivity contribution in [3.8, 4) is 5.75 Å². The third-order valence-electron chi connectivity index (χ3n) is 3.93. The summed E-state index contributed by atoms with van der Waals surface area (Å²) in [6, 6.07) is 8.36. The number of nitrogens with one attached hydrogen (secondary N) is 1. The Labute approximate surface area is 116 Å². The molecule has 1 fully saturated rings. The lowest BCUT2D eigenvalue weighted by molar-refractivity contribution is 0.232. The first kappa shape index (κ1) is 14.4. The van der Waals surface area contributed by atoms with Gasteiger partial charge in [-0.2, -0.15) is 0 Å². The first-order valence-electron chi connectivity index (χ1n) is 7.40. The number of hydrogen-bond acceptors (Lipinski definition) is 3. The van der Waals surface area contributed by atoms with Gasteiger partial charge < -0.3 is 10.1 Å². The molecule has 3 heteroatoms. The zero-order chi connectivity index (χ0) is 13.5. The van der Waals surface area contributed by atoms with E-state index in [0.717, 1.165) is 31.4 Å². The molecule has 1 saturated heterocycles. The van der Waals surface area contributed by atoms with Gasteiger partial charge >= 0.3 is 0 Å². The Morgan fingerprint density at radius 2 is 2.11 bits per heavy atom. The Bertz CT molecular complexity index is 364. The van der Waals surface area contributed by atoms with E-state index in [1.54, 1.807) is 0 Å². The minimum atomic E-state index is 0.793. The molecular formula is C16H26N2O. The van der Waals surface area contributed by atoms with Crippen LogP contribution < -0.4 is 10.1 Å². The fourth-order valence-electron chi connectivity index (χ4n) is 2.65. The highest BCUT2D eigenvalue weighted by molar-refractivity contribution is 5.27. The van der Waals surface area contributed by atoms with Crippen LogP contribution >= 0.6 is 0 Å². The van der Waals surface area contributed by atoms with Gasteiger partial charge in [-0.25, -0.2) is 0 Å². The van der Waals surface area contributed by atoms with E-state index in [4.69, 9.17) is 4.74 Å². The van der Waals surface area contributed by atoms with Crippen LogP contribution in [0.1, 0.15) is 25.3 Å². The van der Waals surface area contributed by atoms with Crippen LogP contribution in [-0.4, -0.2) is 38.2 Å². The number of likely N-dealkylation sites (tertiary alicyclic amines) is 1. The largest absolute Gasteiger partial charge is 0.492 e. The van der Waals surface area contributed by atoms with Crippen LogP contribution in [0, 0.1) is 5.92 Å². The lowest BCUT2D eigenvalue weighted by atomic mass is 10.1. The molecule has 19 heavy (non-hydrogen) atoms. The second-order valence-corrected chi connectivity index (χ2v) is 5.39. The molecule has 0 aromatic heterocycles. The molecule has 0 radical (unpaired) electrons. The van der Waals surface area contributed by atoms with Crippen molar-refractivity contribution in [1.82, 2.24) is 10.2 Å². The number of hydrogen-bond donors (Lipinski definition) is 1. The van der Waals surface area contributed by atoms with Gasteiger partial charge in [0.05, 0.1) is 0 Å². The Kier molecular flexibility index (Phi) is 5.67. The van der Waals surface area contributed by atoms with Crippen LogP contribution in [0.2, 0.25) is 0 Å². The highest BCUT2D eigenvalue weighted by atomic mass is 16.5. The molecule has 0 bridgehead atoms. The number of ether oxygens (including phenoxy) is 1. The van der Waals surface area contributed by atoms with E-state index in [9.17, 15) is 0 Å². The Morgan fingerprint density at radius 1 is 1.32 bits per heavy atom. The monoisotopic (exact) mass is 262 g/mol. The van der Waals surface area contributed by atoms with Crippen LogP contribution in [0.15, 0.2) is 24.3 Å². The molecule has 0 aliphatic carbocycles. The Hall–Kier alpha value is -1.06. The van der Waals surface area contributed by atoms with Crippen LogP contribution in [0.25, 0.3) is 0 Å². The van der Waals surface area contributed by atoms with E-state index in [1.165, 1.54) is 31.5 Å². The lowest BCUT2D eigenvalue weighted by Gasteiger charge is -2.16. The molecular weight excluding hydrogens is 236 g/mol. The van der Waals surface area contributed by atoms with Gasteiger partial charge in [-0.15, -0.1) is 0 Å². The molecule has 106 valence electrons. The summed E-state index contributed by atoms with van der Waals surface area (Å²) in [5.41, 5.74) is 1.29. The zero-order valence-corrected chi connectivity index (χ0v) is 12.2. The third kappa shape index (κ3) is 4.51. The summed E-state index contributed by atoms with van der Waals surface area (Å²) in [6.07, 6.45) is 2.67. The molecule has 1 N–H and O–H groups in total. The molecule has 0 spiro atoms. The average molecular weight is 262 g/mol. The summed E-state index contributed by atoms with van der Waals surface area (Å²) in [4.78, 5) is 2.52. The van der Waals surface area contributed by atoms with Gasteiger partial charge in [0.15, 0.2) is 0 Å². The quantitative estimate of drug-likeness (QED) is 0.817. The molecule has 3 nitrogen and oxygen atoms in total. The molecule has 1 aromatic rings. The molecule has 2 rings (SSSR count). The van der Waals surface area contributed by atoms with Crippen LogP contribution in [0.3, 0.4) is 0 Å². The topological polar surface area (TPSA) is 24.5 Å². The van der Waals surface area contributed by atoms with Gasteiger partial charge in [0.25, 0.3) is 0 Å². The number of rotatable bonds is 7. The van der Waals surface area contributed by atoms with Crippen molar-refractivity contribution in [3.05, 3.63) is 29.8 Å². The van der Waals surface area contributed by atoms with E-state index in [1.807, 2.05) is 7.05 Å². The average Bonchev–Trinajstić information content (AvgIpc) is 2.89. The Morgan fingerprint density at radius 3 is 2.74 bits per heavy atom. The second kappa shape index (κ2) is 7.51. The summed E-state index contributed by atoms with van der Waals surface area (Å²) < 4.78 is 5.81. The highest BCUT2D eigenvalue weighted by Gasteiger charge is 2.20.